The summed E-state index contributed by atoms with van der Waals surface area (Å²) in [7, 11) is 0. The first-order valence-corrected chi connectivity index (χ1v) is 9.48. The van der Waals surface area contributed by atoms with E-state index in [1.54, 1.807) is 0 Å². The first-order chi connectivity index (χ1) is 13.0. The number of hydrogen-bond acceptors (Lipinski definition) is 4. The van der Waals surface area contributed by atoms with Crippen molar-refractivity contribution >= 4 is 11.6 Å². The molecule has 0 saturated heterocycles. The summed E-state index contributed by atoms with van der Waals surface area (Å²) in [5, 5.41) is 3.07. The van der Waals surface area contributed by atoms with Crippen LogP contribution in [0.3, 0.4) is 0 Å². The van der Waals surface area contributed by atoms with Gasteiger partial charge in [0.25, 0.3) is 0 Å². The molecule has 5 heteroatoms. The lowest BCUT2D eigenvalue weighted by Crippen LogP contribution is -2.48. The molecule has 0 unspecified atom stereocenters. The number of rotatable bonds is 6. The minimum absolute atomic E-state index is 0.0114. The molecule has 2 aromatic carbocycles. The number of fused-ring (bicyclic) bond motifs is 1. The molecule has 0 radical (unpaired) electrons. The van der Waals surface area contributed by atoms with E-state index in [1.807, 2.05) is 63.2 Å². The molecule has 0 aliphatic carbocycles. The number of ether oxygens (including phenoxy) is 2. The van der Waals surface area contributed by atoms with Crippen molar-refractivity contribution in [1.82, 2.24) is 4.90 Å². The number of aryl methyl sites for hydroxylation is 2. The van der Waals surface area contributed by atoms with Gasteiger partial charge >= 0.3 is 0 Å². The van der Waals surface area contributed by atoms with Gasteiger partial charge in [-0.15, -0.1) is 0 Å². The summed E-state index contributed by atoms with van der Waals surface area (Å²) in [6.45, 7) is 9.88. The van der Waals surface area contributed by atoms with Crippen LogP contribution in [-0.4, -0.2) is 42.6 Å². The van der Waals surface area contributed by atoms with Gasteiger partial charge in [0.1, 0.15) is 12.7 Å². The molecule has 3 rings (SSSR count). The van der Waals surface area contributed by atoms with Crippen molar-refractivity contribution in [3.05, 3.63) is 53.6 Å². The van der Waals surface area contributed by atoms with Crippen LogP contribution in [0.4, 0.5) is 5.69 Å². The largest absolute Gasteiger partial charge is 0.486 e. The smallest absolute Gasteiger partial charge is 0.241 e. The summed E-state index contributed by atoms with van der Waals surface area (Å²) < 4.78 is 11.8. The van der Waals surface area contributed by atoms with Gasteiger partial charge in [-0.05, 0) is 56.6 Å². The molecule has 1 heterocycles. The molecule has 0 spiro atoms. The first-order valence-electron chi connectivity index (χ1n) is 9.48. The summed E-state index contributed by atoms with van der Waals surface area (Å²) in [6.07, 6.45) is -0.101. The van der Waals surface area contributed by atoms with Crippen LogP contribution in [0.5, 0.6) is 11.5 Å². The maximum absolute atomic E-state index is 12.8. The van der Waals surface area contributed by atoms with Crippen molar-refractivity contribution in [2.45, 2.75) is 39.8 Å². The highest BCUT2D eigenvalue weighted by molar-refractivity contribution is 5.95. The fourth-order valence-electron chi connectivity index (χ4n) is 3.25. The van der Waals surface area contributed by atoms with E-state index in [0.29, 0.717) is 13.2 Å². The van der Waals surface area contributed by atoms with Gasteiger partial charge in [0.2, 0.25) is 5.91 Å². The number of nitrogens with one attached hydrogen (secondary N) is 1. The van der Waals surface area contributed by atoms with Crippen LogP contribution in [0, 0.1) is 13.8 Å². The van der Waals surface area contributed by atoms with Crippen molar-refractivity contribution in [1.29, 1.82) is 0 Å². The lowest BCUT2D eigenvalue weighted by Gasteiger charge is -2.33. The number of carbonyl (C=O) groups excluding carboxylic acids is 1. The normalized spacial score (nSPS) is 16.9. The number of hydrogen-bond donors (Lipinski definition) is 1. The predicted molar refractivity (Wildman–Crippen MR) is 108 cm³/mol. The van der Waals surface area contributed by atoms with Crippen LogP contribution in [0.2, 0.25) is 0 Å². The van der Waals surface area contributed by atoms with E-state index in [0.717, 1.165) is 34.9 Å². The van der Waals surface area contributed by atoms with E-state index in [4.69, 9.17) is 9.47 Å². The van der Waals surface area contributed by atoms with Gasteiger partial charge in [-0.3, -0.25) is 9.69 Å². The lowest BCUT2D eigenvalue weighted by atomic mass is 10.1. The predicted octanol–water partition coefficient (Wildman–Crippen LogP) is 3.79. The van der Waals surface area contributed by atoms with Crippen molar-refractivity contribution in [3.63, 3.8) is 0 Å². The van der Waals surface area contributed by atoms with Gasteiger partial charge in [0.05, 0.1) is 6.04 Å². The molecule has 2 atom stereocenters. The molecular weight excluding hydrogens is 340 g/mol. The van der Waals surface area contributed by atoms with Crippen molar-refractivity contribution in [2.24, 2.45) is 0 Å². The van der Waals surface area contributed by atoms with Gasteiger partial charge in [-0.2, -0.15) is 0 Å². The van der Waals surface area contributed by atoms with Crippen LogP contribution >= 0.6 is 0 Å². The monoisotopic (exact) mass is 368 g/mol. The second kappa shape index (κ2) is 8.44. The molecule has 144 valence electrons. The maximum atomic E-state index is 12.8. The summed E-state index contributed by atoms with van der Waals surface area (Å²) in [5.74, 6) is 1.53. The highest BCUT2D eigenvalue weighted by Crippen LogP contribution is 2.31. The number of benzene rings is 2. The molecule has 0 fully saturated rings. The van der Waals surface area contributed by atoms with E-state index in [-0.39, 0.29) is 18.1 Å². The fraction of sp³-hybridized carbons (Fsp3) is 0.409. The van der Waals surface area contributed by atoms with E-state index >= 15 is 0 Å². The van der Waals surface area contributed by atoms with Gasteiger partial charge in [-0.1, -0.05) is 31.2 Å². The molecule has 0 aromatic heterocycles. The molecule has 1 N–H and O–H groups in total. The lowest BCUT2D eigenvalue weighted by molar-refractivity contribution is -0.121. The Kier molecular flexibility index (Phi) is 6.01. The van der Waals surface area contributed by atoms with E-state index in [2.05, 4.69) is 17.1 Å². The molecular formula is C22H28N2O3. The fourth-order valence-corrected chi connectivity index (χ4v) is 3.25. The Morgan fingerprint density at radius 1 is 1.22 bits per heavy atom. The van der Waals surface area contributed by atoms with E-state index in [9.17, 15) is 4.79 Å². The Morgan fingerprint density at radius 3 is 2.70 bits per heavy atom. The molecule has 1 aliphatic heterocycles. The van der Waals surface area contributed by atoms with Gasteiger partial charge in [0, 0.05) is 12.2 Å². The zero-order valence-electron chi connectivity index (χ0n) is 16.5. The van der Waals surface area contributed by atoms with E-state index in [1.165, 1.54) is 0 Å². The zero-order chi connectivity index (χ0) is 19.4. The number of amides is 1. The Balaban J connectivity index is 1.63. The van der Waals surface area contributed by atoms with Crippen LogP contribution in [-0.2, 0) is 4.79 Å². The Labute approximate surface area is 161 Å². The second-order valence-corrected chi connectivity index (χ2v) is 7.07. The summed E-state index contributed by atoms with van der Waals surface area (Å²) in [6, 6.07) is 13.5. The average molecular weight is 368 g/mol. The minimum atomic E-state index is -0.268. The number of likely N-dealkylation sites (N-methyl/N-ethyl adjacent to an activating group) is 1. The van der Waals surface area contributed by atoms with Crippen LogP contribution in [0.1, 0.15) is 25.0 Å². The number of anilines is 1. The number of para-hydroxylation sites is 2. The molecule has 2 aromatic rings. The summed E-state index contributed by atoms with van der Waals surface area (Å²) in [5.41, 5.74) is 3.06. The minimum Gasteiger partial charge on any atom is -0.486 e. The maximum Gasteiger partial charge on any atom is 0.241 e. The highest BCUT2D eigenvalue weighted by atomic mass is 16.6. The standard InChI is InChI=1S/C22H28N2O3/c1-5-24(13-18-14-26-20-8-6-7-9-21(20)27-18)17(4)22(25)23-19-12-15(2)10-11-16(19)3/h6-12,17-18H,5,13-14H2,1-4H3,(H,23,25)/t17-,18+/m0/s1. The summed E-state index contributed by atoms with van der Waals surface area (Å²) in [4.78, 5) is 14.9. The Morgan fingerprint density at radius 2 is 1.96 bits per heavy atom. The van der Waals surface area contributed by atoms with Crippen molar-refractivity contribution in [2.75, 3.05) is 25.0 Å². The van der Waals surface area contributed by atoms with Gasteiger partial charge < -0.3 is 14.8 Å². The summed E-state index contributed by atoms with van der Waals surface area (Å²) >= 11 is 0. The topological polar surface area (TPSA) is 50.8 Å². The molecule has 0 saturated carbocycles. The van der Waals surface area contributed by atoms with Crippen LogP contribution < -0.4 is 14.8 Å². The molecule has 1 amide bonds. The third kappa shape index (κ3) is 4.61. The Bertz CT molecular complexity index is 806. The quantitative estimate of drug-likeness (QED) is 0.843. The zero-order valence-corrected chi connectivity index (χ0v) is 16.5. The van der Waals surface area contributed by atoms with Crippen molar-refractivity contribution < 1.29 is 14.3 Å². The van der Waals surface area contributed by atoms with Gasteiger partial charge in [0.15, 0.2) is 11.5 Å². The molecule has 5 nitrogen and oxygen atoms in total. The van der Waals surface area contributed by atoms with Gasteiger partial charge in [-0.25, -0.2) is 0 Å². The van der Waals surface area contributed by atoms with E-state index < -0.39 is 0 Å². The third-order valence-corrected chi connectivity index (χ3v) is 4.99. The molecule has 0 bridgehead atoms. The van der Waals surface area contributed by atoms with Crippen LogP contribution in [0.15, 0.2) is 42.5 Å². The third-order valence-electron chi connectivity index (χ3n) is 4.99. The highest BCUT2D eigenvalue weighted by Gasteiger charge is 2.27. The molecule has 27 heavy (non-hydrogen) atoms. The number of carbonyl (C=O) groups is 1. The first kappa shape index (κ1) is 19.2. The second-order valence-electron chi connectivity index (χ2n) is 7.07. The number of nitrogens with zero attached hydrogens (tertiary/aromatic N) is 1. The Hall–Kier alpha value is -2.53. The van der Waals surface area contributed by atoms with Crippen molar-refractivity contribution in [3.8, 4) is 11.5 Å². The molecule has 1 aliphatic rings. The average Bonchev–Trinajstić information content (AvgIpc) is 2.68. The SMILES string of the molecule is CCN(C[C@@H]1COc2ccccc2O1)[C@@H](C)C(=O)Nc1cc(C)ccc1C. The van der Waals surface area contributed by atoms with Crippen LogP contribution in [0.25, 0.3) is 0 Å².